The molecule has 21 heavy (non-hydrogen) atoms. The number of nitrogens with zero attached hydrogens (tertiary/aromatic N) is 1. The summed E-state index contributed by atoms with van der Waals surface area (Å²) in [6.45, 7) is 1.76. The van der Waals surface area contributed by atoms with Crippen LogP contribution in [0, 0.1) is 17.0 Å². The van der Waals surface area contributed by atoms with Crippen LogP contribution in [0.4, 0.5) is 11.4 Å². The van der Waals surface area contributed by atoms with E-state index in [1.54, 1.807) is 31.2 Å². The maximum absolute atomic E-state index is 12.3. The lowest BCUT2D eigenvalue weighted by Gasteiger charge is -2.08. The van der Waals surface area contributed by atoms with Gasteiger partial charge in [-0.15, -0.1) is 0 Å². The second-order valence-electron chi connectivity index (χ2n) is 4.36. The van der Waals surface area contributed by atoms with Crippen molar-refractivity contribution in [3.63, 3.8) is 0 Å². The fourth-order valence-corrected chi connectivity index (χ4v) is 2.30. The zero-order valence-corrected chi connectivity index (χ0v) is 13.2. The van der Waals surface area contributed by atoms with E-state index < -0.39 is 10.8 Å². The van der Waals surface area contributed by atoms with Gasteiger partial charge in [0.05, 0.1) is 15.6 Å². The summed E-state index contributed by atoms with van der Waals surface area (Å²) >= 11 is 9.27. The number of benzene rings is 2. The molecule has 0 atom stereocenters. The van der Waals surface area contributed by atoms with Crippen LogP contribution in [0.2, 0.25) is 5.02 Å². The van der Waals surface area contributed by atoms with E-state index in [9.17, 15) is 14.9 Å². The van der Waals surface area contributed by atoms with Crippen LogP contribution < -0.4 is 5.32 Å². The van der Waals surface area contributed by atoms with Crippen LogP contribution >= 0.6 is 27.5 Å². The number of anilines is 1. The molecular weight excluding hydrogens is 360 g/mol. The molecular formula is C14H10BrClN2O3. The summed E-state index contributed by atoms with van der Waals surface area (Å²) in [5.41, 5.74) is 0.887. The van der Waals surface area contributed by atoms with Gasteiger partial charge in [-0.2, -0.15) is 0 Å². The molecule has 2 aromatic carbocycles. The molecule has 5 nitrogen and oxygen atoms in total. The zero-order valence-electron chi connectivity index (χ0n) is 10.9. The molecule has 0 bridgehead atoms. The van der Waals surface area contributed by atoms with Crippen molar-refractivity contribution in [2.75, 3.05) is 5.32 Å². The fraction of sp³-hybridized carbons (Fsp3) is 0.0714. The molecule has 108 valence electrons. The maximum atomic E-state index is 12.3. The predicted octanol–water partition coefficient (Wildman–Crippen LogP) is 4.57. The predicted molar refractivity (Wildman–Crippen MR) is 84.9 cm³/mol. The van der Waals surface area contributed by atoms with Gasteiger partial charge in [0.25, 0.3) is 11.6 Å². The number of halogens is 2. The number of aryl methyl sites for hydroxylation is 1. The van der Waals surface area contributed by atoms with Crippen LogP contribution in [0.15, 0.2) is 40.9 Å². The van der Waals surface area contributed by atoms with Crippen molar-refractivity contribution in [1.29, 1.82) is 0 Å². The van der Waals surface area contributed by atoms with E-state index in [-0.39, 0.29) is 11.3 Å². The summed E-state index contributed by atoms with van der Waals surface area (Å²) < 4.78 is 0.737. The van der Waals surface area contributed by atoms with Gasteiger partial charge in [-0.25, -0.2) is 0 Å². The van der Waals surface area contributed by atoms with Gasteiger partial charge in [-0.1, -0.05) is 33.6 Å². The van der Waals surface area contributed by atoms with Crippen LogP contribution in [0.1, 0.15) is 15.9 Å². The third-order valence-corrected chi connectivity index (χ3v) is 3.59. The second kappa shape index (κ2) is 6.24. The monoisotopic (exact) mass is 368 g/mol. The van der Waals surface area contributed by atoms with Crippen LogP contribution in [-0.4, -0.2) is 10.8 Å². The number of hydrogen-bond acceptors (Lipinski definition) is 3. The van der Waals surface area contributed by atoms with Crippen LogP contribution in [0.25, 0.3) is 0 Å². The molecule has 1 amide bonds. The van der Waals surface area contributed by atoms with E-state index in [0.29, 0.717) is 10.7 Å². The lowest BCUT2D eigenvalue weighted by atomic mass is 10.1. The molecule has 0 aliphatic rings. The smallest absolute Gasteiger partial charge is 0.282 e. The van der Waals surface area contributed by atoms with Crippen molar-refractivity contribution in [2.45, 2.75) is 6.92 Å². The van der Waals surface area contributed by atoms with E-state index >= 15 is 0 Å². The average molecular weight is 370 g/mol. The minimum atomic E-state index is -0.586. The molecule has 1 N–H and O–H groups in total. The molecule has 0 saturated carbocycles. The normalized spacial score (nSPS) is 10.2. The van der Waals surface area contributed by atoms with Crippen molar-refractivity contribution in [1.82, 2.24) is 0 Å². The minimum Gasteiger partial charge on any atom is -0.320 e. The first kappa shape index (κ1) is 15.5. The number of rotatable bonds is 3. The molecule has 0 spiro atoms. The molecule has 2 aromatic rings. The number of carbonyl (C=O) groups is 1. The summed E-state index contributed by atoms with van der Waals surface area (Å²) in [5, 5.41) is 13.9. The molecule has 2 rings (SSSR count). The third-order valence-electron chi connectivity index (χ3n) is 2.77. The molecule has 7 heteroatoms. The largest absolute Gasteiger partial charge is 0.320 e. The summed E-state index contributed by atoms with van der Waals surface area (Å²) in [5.74, 6) is -0.578. The Kier molecular flexibility index (Phi) is 4.59. The van der Waals surface area contributed by atoms with Gasteiger partial charge in [0.1, 0.15) is 5.56 Å². The van der Waals surface area contributed by atoms with Gasteiger partial charge in [0.15, 0.2) is 0 Å². The number of hydrogen-bond donors (Lipinski definition) is 1. The number of carbonyl (C=O) groups excluding carboxylic acids is 1. The number of nitro groups is 1. The summed E-state index contributed by atoms with van der Waals surface area (Å²) in [4.78, 5) is 22.7. The molecule has 0 saturated heterocycles. The van der Waals surface area contributed by atoms with Crippen LogP contribution in [0.5, 0.6) is 0 Å². The van der Waals surface area contributed by atoms with Crippen molar-refractivity contribution in [2.24, 2.45) is 0 Å². The maximum Gasteiger partial charge on any atom is 0.282 e. The molecule has 0 radical (unpaired) electrons. The van der Waals surface area contributed by atoms with Crippen molar-refractivity contribution >= 4 is 44.8 Å². The Balaban J connectivity index is 2.39. The Bertz CT molecular complexity index is 734. The molecule has 0 aliphatic heterocycles. The average Bonchev–Trinajstić information content (AvgIpc) is 2.42. The summed E-state index contributed by atoms with van der Waals surface area (Å²) in [6, 6.07) is 9.34. The van der Waals surface area contributed by atoms with Gasteiger partial charge in [0.2, 0.25) is 0 Å². The highest BCUT2D eigenvalue weighted by Gasteiger charge is 2.20. The van der Waals surface area contributed by atoms with Crippen molar-refractivity contribution < 1.29 is 9.72 Å². The van der Waals surface area contributed by atoms with Gasteiger partial charge < -0.3 is 5.32 Å². The molecule has 0 aromatic heterocycles. The Morgan fingerprint density at radius 2 is 2.00 bits per heavy atom. The van der Waals surface area contributed by atoms with E-state index in [2.05, 4.69) is 21.2 Å². The van der Waals surface area contributed by atoms with Crippen LogP contribution in [-0.2, 0) is 0 Å². The standard InChI is InChI=1S/C14H10BrClN2O3/c1-8-2-5-13(18(20)21)10(6-8)14(19)17-12-7-9(15)3-4-11(12)16/h2-7H,1H3,(H,17,19). The first-order chi connectivity index (χ1) is 9.88. The van der Waals surface area contributed by atoms with Crippen LogP contribution in [0.3, 0.4) is 0 Å². The Morgan fingerprint density at radius 1 is 1.29 bits per heavy atom. The van der Waals surface area contributed by atoms with E-state index in [1.807, 2.05) is 0 Å². The first-order valence-electron chi connectivity index (χ1n) is 5.90. The molecule has 0 fully saturated rings. The summed E-state index contributed by atoms with van der Waals surface area (Å²) in [6.07, 6.45) is 0. The van der Waals surface area contributed by atoms with Crippen molar-refractivity contribution in [3.05, 3.63) is 67.1 Å². The Morgan fingerprint density at radius 3 is 2.67 bits per heavy atom. The van der Waals surface area contributed by atoms with Gasteiger partial charge in [-0.3, -0.25) is 14.9 Å². The van der Waals surface area contributed by atoms with Gasteiger partial charge in [0, 0.05) is 10.5 Å². The number of amides is 1. The first-order valence-corrected chi connectivity index (χ1v) is 7.07. The van der Waals surface area contributed by atoms with E-state index in [1.165, 1.54) is 12.1 Å². The van der Waals surface area contributed by atoms with Gasteiger partial charge >= 0.3 is 0 Å². The molecule has 0 unspecified atom stereocenters. The fourth-order valence-electron chi connectivity index (χ4n) is 1.77. The van der Waals surface area contributed by atoms with E-state index in [4.69, 9.17) is 11.6 Å². The topological polar surface area (TPSA) is 72.2 Å². The summed E-state index contributed by atoms with van der Waals surface area (Å²) in [7, 11) is 0. The quantitative estimate of drug-likeness (QED) is 0.636. The Hall–Kier alpha value is -1.92. The lowest BCUT2D eigenvalue weighted by Crippen LogP contribution is -2.14. The van der Waals surface area contributed by atoms with Gasteiger partial charge in [-0.05, 0) is 36.8 Å². The second-order valence-corrected chi connectivity index (χ2v) is 5.68. The number of nitro benzene ring substituents is 1. The van der Waals surface area contributed by atoms with E-state index in [0.717, 1.165) is 10.0 Å². The zero-order chi connectivity index (χ0) is 15.6. The highest BCUT2D eigenvalue weighted by atomic mass is 79.9. The lowest BCUT2D eigenvalue weighted by molar-refractivity contribution is -0.385. The minimum absolute atomic E-state index is 0.00366. The third kappa shape index (κ3) is 3.59. The SMILES string of the molecule is Cc1ccc([N+](=O)[O-])c(C(=O)Nc2cc(Br)ccc2Cl)c1. The van der Waals surface area contributed by atoms with Crippen molar-refractivity contribution in [3.8, 4) is 0 Å². The Labute approximate surface area is 134 Å². The number of nitrogens with one attached hydrogen (secondary N) is 1. The molecule has 0 heterocycles. The highest BCUT2D eigenvalue weighted by molar-refractivity contribution is 9.10. The molecule has 0 aliphatic carbocycles. The highest BCUT2D eigenvalue weighted by Crippen LogP contribution is 2.27.